The summed E-state index contributed by atoms with van der Waals surface area (Å²) in [5.41, 5.74) is -13.1. The zero-order chi connectivity index (χ0) is 54.6. The van der Waals surface area contributed by atoms with Crippen LogP contribution in [-0.4, -0.2) is 163 Å². The third kappa shape index (κ3) is 16.3. The van der Waals surface area contributed by atoms with E-state index in [4.69, 9.17) is 32.5 Å². The molecule has 0 aliphatic carbocycles. The smallest absolute Gasteiger partial charge is 0.432 e. The molecule has 0 spiro atoms. The number of nitrogens with zero attached hydrogens (tertiary/aromatic N) is 2. The van der Waals surface area contributed by atoms with E-state index in [-0.39, 0.29) is 0 Å². The number of aromatic nitrogens is 4. The Hall–Kier alpha value is -4.99. The van der Waals surface area contributed by atoms with Crippen LogP contribution in [-0.2, 0) is 69.6 Å². The molecule has 7 N–H and O–H groups in total. The summed E-state index contributed by atoms with van der Waals surface area (Å²) in [6.07, 6.45) is -11.0. The van der Waals surface area contributed by atoms with Gasteiger partial charge in [-0.15, -0.1) is 0 Å². The van der Waals surface area contributed by atoms with Gasteiger partial charge >= 0.3 is 45.5 Å². The zero-order valence-corrected chi connectivity index (χ0v) is 41.4. The third-order valence-electron chi connectivity index (χ3n) is 9.56. The van der Waals surface area contributed by atoms with E-state index in [1.807, 2.05) is 9.97 Å². The number of hydrogen-bond acceptors (Lipinski definition) is 26. The van der Waals surface area contributed by atoms with E-state index in [1.54, 1.807) is 0 Å². The Morgan fingerprint density at radius 2 is 0.972 bits per heavy atom. The molecule has 35 heteroatoms. The van der Waals surface area contributed by atoms with Crippen LogP contribution in [0.4, 0.5) is 23.2 Å². The topological polar surface area (TPSA) is 416 Å². The standard InChI is InChI=1S/C21H32FN2O15P.C16H24FN2O12P/c1-12(2)37-18(28)32-10-35-40(31,36-11-33-19(29)38-13(3)4)34-9-21(8-22)15(26)20(5,30)16(39-21)24-7-6-14(25)23-17(24)27;1-9(2)30-14(23)27-8-29-32(25,26)28-7-16(6-17)11(21)15(3,24)12(31-16)19-5-4-10(20)18-13(19)22/h6-7,12-13,15-16,26,30H,8-11H2,1-5H3,(H,23,25,27);4-5,9,11-12,21,24H,6-8H2,1-3H3,(H,25,26)(H,18,20,22)/t15-,16?,20+,21+;11-,12?,15+,16+/m00/s1. The maximum Gasteiger partial charge on any atom is 0.510 e. The maximum absolute atomic E-state index is 14.4. The lowest BCUT2D eigenvalue weighted by Gasteiger charge is -2.31. The highest BCUT2D eigenvalue weighted by Gasteiger charge is 2.64. The number of alkyl halides is 2. The summed E-state index contributed by atoms with van der Waals surface area (Å²) in [5, 5.41) is 42.8. The van der Waals surface area contributed by atoms with Crippen molar-refractivity contribution in [1.82, 2.24) is 19.1 Å². The molecule has 2 saturated heterocycles. The minimum Gasteiger partial charge on any atom is -0.432 e. The fourth-order valence-corrected chi connectivity index (χ4v) is 7.79. The van der Waals surface area contributed by atoms with Gasteiger partial charge in [0.25, 0.3) is 11.1 Å². The van der Waals surface area contributed by atoms with E-state index in [9.17, 15) is 76.8 Å². The molecule has 72 heavy (non-hydrogen) atoms. The van der Waals surface area contributed by atoms with E-state index in [1.165, 1.54) is 41.5 Å². The lowest BCUT2D eigenvalue weighted by molar-refractivity contribution is -0.141. The van der Waals surface area contributed by atoms with Crippen LogP contribution >= 0.6 is 15.6 Å². The van der Waals surface area contributed by atoms with Crippen molar-refractivity contribution in [1.29, 1.82) is 0 Å². The van der Waals surface area contributed by atoms with Crippen molar-refractivity contribution in [3.05, 3.63) is 66.2 Å². The second-order valence-electron chi connectivity index (χ2n) is 16.5. The number of aliphatic hydroxyl groups excluding tert-OH is 2. The third-order valence-corrected chi connectivity index (χ3v) is 11.7. The highest BCUT2D eigenvalue weighted by atomic mass is 31.2. The number of carbonyl (C=O) groups is 3. The van der Waals surface area contributed by atoms with Crippen molar-refractivity contribution < 1.29 is 118 Å². The highest BCUT2D eigenvalue weighted by molar-refractivity contribution is 7.48. The Kier molecular flexibility index (Phi) is 21.5. The first-order valence-corrected chi connectivity index (χ1v) is 23.8. The van der Waals surface area contributed by atoms with Crippen LogP contribution in [0.2, 0.25) is 0 Å². The molecular formula is C37H56F2N4O27P2. The quantitative estimate of drug-likeness (QED) is 0.0368. The van der Waals surface area contributed by atoms with Gasteiger partial charge in [0.15, 0.2) is 23.7 Å². The summed E-state index contributed by atoms with van der Waals surface area (Å²) >= 11 is 0. The van der Waals surface area contributed by atoms with Crippen LogP contribution in [0, 0.1) is 0 Å². The van der Waals surface area contributed by atoms with E-state index in [0.29, 0.717) is 9.13 Å². The second-order valence-corrected chi connectivity index (χ2v) is 19.6. The fourth-order valence-electron chi connectivity index (χ4n) is 6.19. The molecule has 9 atom stereocenters. The van der Waals surface area contributed by atoms with Gasteiger partial charge in [0.2, 0.25) is 20.4 Å². The molecule has 2 aliphatic rings. The van der Waals surface area contributed by atoms with Crippen molar-refractivity contribution in [3.8, 4) is 0 Å². The summed E-state index contributed by atoms with van der Waals surface area (Å²) in [6.45, 7) is 2.71. The van der Waals surface area contributed by atoms with Gasteiger partial charge in [-0.3, -0.25) is 37.7 Å². The highest BCUT2D eigenvalue weighted by Crippen LogP contribution is 2.53. The van der Waals surface area contributed by atoms with Crippen molar-refractivity contribution in [2.75, 3.05) is 46.9 Å². The first-order chi connectivity index (χ1) is 33.3. The molecule has 2 aliphatic heterocycles. The normalized spacial score (nSPS) is 26.9. The minimum absolute atomic E-state index is 0.513. The number of hydrogen-bond donors (Lipinski definition) is 7. The number of aliphatic hydroxyl groups is 4. The molecule has 0 aromatic carbocycles. The fraction of sp³-hybridized carbons (Fsp3) is 0.703. The molecule has 2 aromatic rings. The molecule has 2 fully saturated rings. The Morgan fingerprint density at radius 1 is 0.639 bits per heavy atom. The molecule has 4 heterocycles. The van der Waals surface area contributed by atoms with Crippen LogP contribution in [0.15, 0.2) is 43.7 Å². The number of H-pyrrole nitrogens is 2. The molecule has 410 valence electrons. The summed E-state index contributed by atoms with van der Waals surface area (Å²) < 4.78 is 117. The Bertz CT molecular complexity index is 2470. The number of aromatic amines is 2. The predicted molar refractivity (Wildman–Crippen MR) is 229 cm³/mol. The minimum atomic E-state index is -4.96. The van der Waals surface area contributed by atoms with Crippen molar-refractivity contribution in [3.63, 3.8) is 0 Å². The maximum atomic E-state index is 14.4. The number of ether oxygens (including phenoxy) is 8. The van der Waals surface area contributed by atoms with Crippen LogP contribution < -0.4 is 22.5 Å². The summed E-state index contributed by atoms with van der Waals surface area (Å²) in [6, 6.07) is 1.85. The van der Waals surface area contributed by atoms with Crippen LogP contribution in [0.5, 0.6) is 0 Å². The van der Waals surface area contributed by atoms with Crippen LogP contribution in [0.1, 0.15) is 67.8 Å². The average molecular weight is 1090 g/mol. The van der Waals surface area contributed by atoms with Gasteiger partial charge < -0.3 is 63.2 Å². The van der Waals surface area contributed by atoms with Crippen molar-refractivity contribution in [2.45, 2.75) is 121 Å². The number of halogens is 2. The Labute approximate surface area is 404 Å². The number of nitrogens with one attached hydrogen (secondary N) is 2. The lowest BCUT2D eigenvalue weighted by atomic mass is 9.88. The number of rotatable bonds is 22. The van der Waals surface area contributed by atoms with Gasteiger partial charge in [0.1, 0.15) is 36.8 Å². The molecule has 0 saturated carbocycles. The number of phosphoric acid groups is 2. The van der Waals surface area contributed by atoms with Gasteiger partial charge in [0, 0.05) is 24.5 Å². The van der Waals surface area contributed by atoms with Gasteiger partial charge in [-0.2, -0.15) is 0 Å². The van der Waals surface area contributed by atoms with Crippen molar-refractivity contribution >= 4 is 34.1 Å². The van der Waals surface area contributed by atoms with Crippen molar-refractivity contribution in [2.24, 2.45) is 0 Å². The Morgan fingerprint density at radius 3 is 1.29 bits per heavy atom. The Balaban J connectivity index is 0.000000390. The zero-order valence-electron chi connectivity index (χ0n) is 39.6. The largest absolute Gasteiger partial charge is 0.510 e. The molecular weight excluding hydrogens is 1030 g/mol. The molecule has 2 aromatic heterocycles. The SMILES string of the molecule is CC(C)OC(=O)OCOP(=O)(O)OC[C@@]1(CF)OC(n2ccc(=O)[nH]c2=O)[C@](C)(O)[C@@H]1O.CC(C)OC(=O)OCOP(=O)(OCOC(=O)OC(C)C)OC[C@@]1(CF)OC(n2ccc(=O)[nH]c2=O)[C@](C)(O)[C@@H]1O. The summed E-state index contributed by atoms with van der Waals surface area (Å²) in [5.74, 6) is 0. The van der Waals surface area contributed by atoms with Gasteiger partial charge in [-0.1, -0.05) is 0 Å². The van der Waals surface area contributed by atoms with E-state index in [2.05, 4.69) is 28.0 Å². The van der Waals surface area contributed by atoms with Gasteiger partial charge in [-0.05, 0) is 55.4 Å². The molecule has 31 nitrogen and oxygen atoms in total. The van der Waals surface area contributed by atoms with Crippen LogP contribution in [0.25, 0.3) is 0 Å². The van der Waals surface area contributed by atoms with E-state index in [0.717, 1.165) is 38.4 Å². The molecule has 0 bridgehead atoms. The molecule has 4 rings (SSSR count). The first-order valence-electron chi connectivity index (χ1n) is 20.9. The average Bonchev–Trinajstić information content (AvgIpc) is 3.59. The summed E-state index contributed by atoms with van der Waals surface area (Å²) in [4.78, 5) is 94.9. The summed E-state index contributed by atoms with van der Waals surface area (Å²) in [7, 11) is -9.86. The van der Waals surface area contributed by atoms with Crippen LogP contribution in [0.3, 0.4) is 0 Å². The molecule has 0 amide bonds. The predicted octanol–water partition coefficient (Wildman–Crippen LogP) is 0.620. The monoisotopic (exact) mass is 1090 g/mol. The second kappa shape index (κ2) is 25.3. The van der Waals surface area contributed by atoms with Gasteiger partial charge in [-0.25, -0.2) is 55.5 Å². The van der Waals surface area contributed by atoms with E-state index >= 15 is 0 Å². The first kappa shape index (κ1) is 61.3. The molecule has 0 radical (unpaired) electrons. The van der Waals surface area contributed by atoms with E-state index < -0.39 is 169 Å². The van der Waals surface area contributed by atoms with Gasteiger partial charge in [0.05, 0.1) is 31.5 Å². The lowest BCUT2D eigenvalue weighted by Crippen LogP contribution is -2.53. The number of carbonyl (C=O) groups excluding carboxylic acids is 3. The molecule has 3 unspecified atom stereocenters. The number of phosphoric ester groups is 2.